The Balaban J connectivity index is 1.97. The van der Waals surface area contributed by atoms with Crippen molar-refractivity contribution in [1.82, 2.24) is 5.32 Å². The van der Waals surface area contributed by atoms with Crippen molar-refractivity contribution in [2.75, 3.05) is 20.3 Å². The fourth-order valence-corrected chi connectivity index (χ4v) is 2.04. The van der Waals surface area contributed by atoms with E-state index in [0.29, 0.717) is 25.3 Å². The van der Waals surface area contributed by atoms with Gasteiger partial charge in [0.1, 0.15) is 6.10 Å². The molecule has 18 heavy (non-hydrogen) atoms. The molecule has 3 N–H and O–H groups in total. The number of carbonyl (C=O) groups is 1. The van der Waals surface area contributed by atoms with Crippen LogP contribution in [-0.2, 0) is 14.3 Å². The number of amides is 1. The second-order valence-electron chi connectivity index (χ2n) is 4.93. The topological polar surface area (TPSA) is 73.6 Å². The number of hydrogen-bond donors (Lipinski definition) is 2. The first-order chi connectivity index (χ1) is 8.63. The zero-order valence-electron chi connectivity index (χ0n) is 11.5. The SMILES string of the molecule is COC(C)C(=O)NCCCOC1CCC(N)CC1. The predicted octanol–water partition coefficient (Wildman–Crippen LogP) is 0.814. The number of ether oxygens (including phenoxy) is 2. The van der Waals surface area contributed by atoms with E-state index >= 15 is 0 Å². The summed E-state index contributed by atoms with van der Waals surface area (Å²) in [6.45, 7) is 3.07. The lowest BCUT2D eigenvalue weighted by Crippen LogP contribution is -2.35. The number of nitrogens with two attached hydrogens (primary N) is 1. The summed E-state index contributed by atoms with van der Waals surface area (Å²) in [5, 5.41) is 2.81. The van der Waals surface area contributed by atoms with Gasteiger partial charge in [-0.05, 0) is 39.0 Å². The Hall–Kier alpha value is -0.650. The zero-order valence-corrected chi connectivity index (χ0v) is 11.5. The second-order valence-corrected chi connectivity index (χ2v) is 4.93. The van der Waals surface area contributed by atoms with Gasteiger partial charge in [0.2, 0.25) is 5.91 Å². The third kappa shape index (κ3) is 5.80. The molecular formula is C13H26N2O3. The molecule has 0 aromatic carbocycles. The number of hydrogen-bond acceptors (Lipinski definition) is 4. The van der Waals surface area contributed by atoms with Gasteiger partial charge in [0.15, 0.2) is 0 Å². The fourth-order valence-electron chi connectivity index (χ4n) is 2.04. The first-order valence-electron chi connectivity index (χ1n) is 6.81. The van der Waals surface area contributed by atoms with Crippen molar-refractivity contribution in [3.05, 3.63) is 0 Å². The van der Waals surface area contributed by atoms with E-state index in [0.717, 1.165) is 32.1 Å². The maximum Gasteiger partial charge on any atom is 0.248 e. The van der Waals surface area contributed by atoms with Crippen LogP contribution in [0.25, 0.3) is 0 Å². The Kier molecular flexibility index (Phi) is 7.23. The van der Waals surface area contributed by atoms with Crippen LogP contribution in [0.15, 0.2) is 0 Å². The van der Waals surface area contributed by atoms with Gasteiger partial charge in [-0.15, -0.1) is 0 Å². The molecule has 1 rings (SSSR count). The quantitative estimate of drug-likeness (QED) is 0.663. The average Bonchev–Trinajstić information content (AvgIpc) is 2.39. The number of methoxy groups -OCH3 is 1. The molecule has 0 radical (unpaired) electrons. The third-order valence-corrected chi connectivity index (χ3v) is 3.42. The number of rotatable bonds is 7. The summed E-state index contributed by atoms with van der Waals surface area (Å²) in [4.78, 5) is 11.4. The van der Waals surface area contributed by atoms with Gasteiger partial charge in [0, 0.05) is 26.3 Å². The highest BCUT2D eigenvalue weighted by Gasteiger charge is 2.18. The standard InChI is InChI=1S/C13H26N2O3/c1-10(17-2)13(16)15-8-3-9-18-12-6-4-11(14)5-7-12/h10-12H,3-9,14H2,1-2H3,(H,15,16). The molecule has 5 nitrogen and oxygen atoms in total. The minimum absolute atomic E-state index is 0.0684. The van der Waals surface area contributed by atoms with Crippen LogP contribution in [-0.4, -0.2) is 44.4 Å². The van der Waals surface area contributed by atoms with E-state index in [4.69, 9.17) is 15.2 Å². The Morgan fingerprint density at radius 3 is 2.67 bits per heavy atom. The lowest BCUT2D eigenvalue weighted by atomic mass is 9.94. The Morgan fingerprint density at radius 1 is 1.39 bits per heavy atom. The summed E-state index contributed by atoms with van der Waals surface area (Å²) in [6.07, 6.45) is 5.07. The predicted molar refractivity (Wildman–Crippen MR) is 70.3 cm³/mol. The molecule has 0 heterocycles. The Labute approximate surface area is 109 Å². The zero-order chi connectivity index (χ0) is 13.4. The van der Waals surface area contributed by atoms with Gasteiger partial charge >= 0.3 is 0 Å². The average molecular weight is 258 g/mol. The Bertz CT molecular complexity index is 240. The molecule has 1 unspecified atom stereocenters. The highest BCUT2D eigenvalue weighted by Crippen LogP contribution is 2.19. The summed E-state index contributed by atoms with van der Waals surface area (Å²) in [6, 6.07) is 0.361. The van der Waals surface area contributed by atoms with Crippen molar-refractivity contribution in [3.63, 3.8) is 0 Å². The van der Waals surface area contributed by atoms with Gasteiger partial charge in [0.25, 0.3) is 0 Å². The van der Waals surface area contributed by atoms with Crippen LogP contribution < -0.4 is 11.1 Å². The van der Waals surface area contributed by atoms with Crippen LogP contribution in [0, 0.1) is 0 Å². The molecule has 1 aliphatic rings. The summed E-state index contributed by atoms with van der Waals surface area (Å²) in [5.41, 5.74) is 5.83. The minimum Gasteiger partial charge on any atom is -0.378 e. The van der Waals surface area contributed by atoms with Crippen LogP contribution >= 0.6 is 0 Å². The molecule has 1 atom stereocenters. The van der Waals surface area contributed by atoms with Crippen LogP contribution in [0.1, 0.15) is 39.0 Å². The molecule has 106 valence electrons. The van der Waals surface area contributed by atoms with Crippen molar-refractivity contribution in [3.8, 4) is 0 Å². The van der Waals surface area contributed by atoms with Gasteiger partial charge in [-0.25, -0.2) is 0 Å². The lowest BCUT2D eigenvalue weighted by Gasteiger charge is -2.26. The van der Waals surface area contributed by atoms with E-state index in [9.17, 15) is 4.79 Å². The molecule has 1 amide bonds. The van der Waals surface area contributed by atoms with E-state index in [1.54, 1.807) is 6.92 Å². The van der Waals surface area contributed by atoms with Crippen molar-refractivity contribution in [2.24, 2.45) is 5.73 Å². The van der Waals surface area contributed by atoms with Crippen molar-refractivity contribution >= 4 is 5.91 Å². The molecule has 0 aromatic rings. The molecule has 0 aromatic heterocycles. The molecule has 0 saturated heterocycles. The van der Waals surface area contributed by atoms with E-state index in [2.05, 4.69) is 5.32 Å². The molecule has 0 spiro atoms. The van der Waals surface area contributed by atoms with E-state index < -0.39 is 0 Å². The first kappa shape index (κ1) is 15.4. The van der Waals surface area contributed by atoms with Gasteiger partial charge in [-0.2, -0.15) is 0 Å². The largest absolute Gasteiger partial charge is 0.378 e. The van der Waals surface area contributed by atoms with Crippen molar-refractivity contribution in [1.29, 1.82) is 0 Å². The number of nitrogens with one attached hydrogen (secondary N) is 1. The second kappa shape index (κ2) is 8.45. The Morgan fingerprint density at radius 2 is 2.06 bits per heavy atom. The van der Waals surface area contributed by atoms with Crippen LogP contribution in [0.5, 0.6) is 0 Å². The molecule has 1 saturated carbocycles. The van der Waals surface area contributed by atoms with Gasteiger partial charge in [-0.3, -0.25) is 4.79 Å². The summed E-state index contributed by atoms with van der Waals surface area (Å²) < 4.78 is 10.7. The first-order valence-corrected chi connectivity index (χ1v) is 6.81. The van der Waals surface area contributed by atoms with Crippen molar-refractivity contribution in [2.45, 2.75) is 57.3 Å². The maximum absolute atomic E-state index is 11.4. The van der Waals surface area contributed by atoms with Crippen molar-refractivity contribution < 1.29 is 14.3 Å². The van der Waals surface area contributed by atoms with E-state index in [-0.39, 0.29) is 12.0 Å². The minimum atomic E-state index is -0.384. The highest BCUT2D eigenvalue weighted by molar-refractivity contribution is 5.80. The molecular weight excluding hydrogens is 232 g/mol. The lowest BCUT2D eigenvalue weighted by molar-refractivity contribution is -0.130. The summed E-state index contributed by atoms with van der Waals surface area (Å²) in [5.74, 6) is -0.0684. The molecule has 0 bridgehead atoms. The third-order valence-electron chi connectivity index (χ3n) is 3.42. The number of carbonyl (C=O) groups excluding carboxylic acids is 1. The van der Waals surface area contributed by atoms with Gasteiger partial charge in [0.05, 0.1) is 6.10 Å². The molecule has 1 aliphatic carbocycles. The van der Waals surface area contributed by atoms with E-state index in [1.807, 2.05) is 0 Å². The maximum atomic E-state index is 11.4. The summed E-state index contributed by atoms with van der Waals surface area (Å²) >= 11 is 0. The van der Waals surface area contributed by atoms with E-state index in [1.165, 1.54) is 7.11 Å². The molecule has 0 aliphatic heterocycles. The highest BCUT2D eigenvalue weighted by atomic mass is 16.5. The summed E-state index contributed by atoms with van der Waals surface area (Å²) in [7, 11) is 1.53. The molecule has 5 heteroatoms. The molecule has 1 fully saturated rings. The van der Waals surface area contributed by atoms with Crippen LogP contribution in [0.3, 0.4) is 0 Å². The normalized spacial score (nSPS) is 25.7. The smallest absolute Gasteiger partial charge is 0.248 e. The fraction of sp³-hybridized carbons (Fsp3) is 0.923. The van der Waals surface area contributed by atoms with Gasteiger partial charge in [-0.1, -0.05) is 0 Å². The monoisotopic (exact) mass is 258 g/mol. The van der Waals surface area contributed by atoms with Gasteiger partial charge < -0.3 is 20.5 Å². The van der Waals surface area contributed by atoms with Crippen LogP contribution in [0.4, 0.5) is 0 Å². The van der Waals surface area contributed by atoms with Crippen LogP contribution in [0.2, 0.25) is 0 Å².